The van der Waals surface area contributed by atoms with E-state index < -0.39 is 29.7 Å². The molecule has 4 nitrogen and oxygen atoms in total. The molecule has 0 spiro atoms. The van der Waals surface area contributed by atoms with E-state index in [9.17, 15) is 14.0 Å². The van der Waals surface area contributed by atoms with Gasteiger partial charge in [0.2, 0.25) is 0 Å². The maximum atomic E-state index is 13.7. The maximum Gasteiger partial charge on any atom is 0.317 e. The summed E-state index contributed by atoms with van der Waals surface area (Å²) < 4.78 is 18.9. The fourth-order valence-corrected chi connectivity index (χ4v) is 3.24. The molecule has 2 aromatic rings. The standard InChI is InChI=1S/C19H16Cl2FNO3/c20-13-4-2-12(3-5-13)19(8-1-9-19)18(25)26-11-17(24)23-16-7-6-14(21)10-15(16)22/h2-7,10H,1,8-9,11H2,(H,23,24). The van der Waals surface area contributed by atoms with Gasteiger partial charge < -0.3 is 10.1 Å². The molecule has 2 aromatic carbocycles. The average Bonchev–Trinajstić information content (AvgIpc) is 2.56. The second-order valence-corrected chi connectivity index (χ2v) is 7.06. The monoisotopic (exact) mass is 395 g/mol. The zero-order chi connectivity index (χ0) is 18.7. The molecule has 0 aromatic heterocycles. The summed E-state index contributed by atoms with van der Waals surface area (Å²) >= 11 is 11.6. The van der Waals surface area contributed by atoms with Gasteiger partial charge in [-0.15, -0.1) is 0 Å². The second kappa shape index (κ2) is 7.64. The van der Waals surface area contributed by atoms with E-state index in [2.05, 4.69) is 5.32 Å². The van der Waals surface area contributed by atoms with Crippen LogP contribution in [0, 0.1) is 5.82 Å². The molecule has 1 amide bonds. The Hall–Kier alpha value is -2.11. The third-order valence-corrected chi connectivity index (χ3v) is 5.02. The first-order chi connectivity index (χ1) is 12.4. The number of ether oxygens (including phenoxy) is 1. The quantitative estimate of drug-likeness (QED) is 0.744. The molecule has 1 saturated carbocycles. The molecule has 136 valence electrons. The Morgan fingerprint density at radius 3 is 2.31 bits per heavy atom. The van der Waals surface area contributed by atoms with E-state index in [-0.39, 0.29) is 10.7 Å². The van der Waals surface area contributed by atoms with Crippen LogP contribution in [0.4, 0.5) is 10.1 Å². The summed E-state index contributed by atoms with van der Waals surface area (Å²) in [7, 11) is 0. The third kappa shape index (κ3) is 3.84. The highest BCUT2D eigenvalue weighted by molar-refractivity contribution is 6.30. The zero-order valence-corrected chi connectivity index (χ0v) is 15.2. The predicted octanol–water partition coefficient (Wildman–Crippen LogP) is 4.74. The highest BCUT2D eigenvalue weighted by Crippen LogP contribution is 2.45. The second-order valence-electron chi connectivity index (χ2n) is 6.19. The lowest BCUT2D eigenvalue weighted by molar-refractivity contribution is -0.156. The first-order valence-electron chi connectivity index (χ1n) is 8.09. The van der Waals surface area contributed by atoms with Gasteiger partial charge in [-0.2, -0.15) is 0 Å². The number of rotatable bonds is 5. The maximum absolute atomic E-state index is 13.7. The van der Waals surface area contributed by atoms with Crippen molar-refractivity contribution in [1.29, 1.82) is 0 Å². The number of anilines is 1. The molecule has 0 unspecified atom stereocenters. The highest BCUT2D eigenvalue weighted by Gasteiger charge is 2.47. The Bertz CT molecular complexity index is 835. The van der Waals surface area contributed by atoms with Crippen LogP contribution in [0.25, 0.3) is 0 Å². The molecule has 0 atom stereocenters. The van der Waals surface area contributed by atoms with Crippen molar-refractivity contribution in [2.24, 2.45) is 0 Å². The van der Waals surface area contributed by atoms with Crippen molar-refractivity contribution >= 4 is 40.8 Å². The summed E-state index contributed by atoms with van der Waals surface area (Å²) in [6, 6.07) is 10.9. The molecule has 7 heteroatoms. The zero-order valence-electron chi connectivity index (χ0n) is 13.7. The topological polar surface area (TPSA) is 55.4 Å². The van der Waals surface area contributed by atoms with Gasteiger partial charge in [0.05, 0.1) is 11.1 Å². The minimum Gasteiger partial charge on any atom is -0.455 e. The van der Waals surface area contributed by atoms with Crippen molar-refractivity contribution in [2.45, 2.75) is 24.7 Å². The first kappa shape index (κ1) is 18.7. The summed E-state index contributed by atoms with van der Waals surface area (Å²) in [6.45, 7) is -0.490. The van der Waals surface area contributed by atoms with Crippen LogP contribution in [0.2, 0.25) is 10.0 Å². The van der Waals surface area contributed by atoms with Crippen molar-refractivity contribution < 1.29 is 18.7 Å². The van der Waals surface area contributed by atoms with Gasteiger partial charge in [-0.25, -0.2) is 4.39 Å². The van der Waals surface area contributed by atoms with Crippen LogP contribution < -0.4 is 5.32 Å². The van der Waals surface area contributed by atoms with Gasteiger partial charge in [-0.3, -0.25) is 9.59 Å². The molecule has 1 N–H and O–H groups in total. The van der Waals surface area contributed by atoms with Crippen LogP contribution in [0.5, 0.6) is 0 Å². The van der Waals surface area contributed by atoms with E-state index in [4.69, 9.17) is 27.9 Å². The van der Waals surface area contributed by atoms with E-state index in [0.29, 0.717) is 17.9 Å². The molecule has 0 aliphatic heterocycles. The molecule has 26 heavy (non-hydrogen) atoms. The molecular weight excluding hydrogens is 380 g/mol. The molecule has 0 saturated heterocycles. The number of carbonyl (C=O) groups excluding carboxylic acids is 2. The number of halogens is 3. The van der Waals surface area contributed by atoms with Gasteiger partial charge >= 0.3 is 5.97 Å². The van der Waals surface area contributed by atoms with Crippen LogP contribution >= 0.6 is 23.2 Å². The Kier molecular flexibility index (Phi) is 5.49. The normalized spacial score (nSPS) is 15.0. The van der Waals surface area contributed by atoms with E-state index in [1.165, 1.54) is 12.1 Å². The summed E-state index contributed by atoms with van der Waals surface area (Å²) in [4.78, 5) is 24.5. The van der Waals surface area contributed by atoms with Crippen LogP contribution in [0.15, 0.2) is 42.5 Å². The fourth-order valence-electron chi connectivity index (χ4n) is 2.96. The molecule has 1 aliphatic carbocycles. The van der Waals surface area contributed by atoms with Gasteiger partial charge in [-0.05, 0) is 48.7 Å². The van der Waals surface area contributed by atoms with Gasteiger partial charge in [0.25, 0.3) is 5.91 Å². The van der Waals surface area contributed by atoms with Crippen LogP contribution in [-0.4, -0.2) is 18.5 Å². The Labute approximate surface area is 160 Å². The Morgan fingerprint density at radius 1 is 1.08 bits per heavy atom. The van der Waals surface area contributed by atoms with Crippen molar-refractivity contribution in [3.8, 4) is 0 Å². The van der Waals surface area contributed by atoms with Crippen LogP contribution in [-0.2, 0) is 19.7 Å². The average molecular weight is 396 g/mol. The van der Waals surface area contributed by atoms with E-state index >= 15 is 0 Å². The van der Waals surface area contributed by atoms with Crippen molar-refractivity contribution in [1.82, 2.24) is 0 Å². The van der Waals surface area contributed by atoms with E-state index in [1.807, 2.05) is 0 Å². The van der Waals surface area contributed by atoms with Gasteiger partial charge in [0, 0.05) is 10.0 Å². The SMILES string of the molecule is O=C(COC(=O)C1(c2ccc(Cl)cc2)CCC1)Nc1ccc(Cl)cc1F. The summed E-state index contributed by atoms with van der Waals surface area (Å²) in [5, 5.41) is 3.17. The lowest BCUT2D eigenvalue weighted by Crippen LogP contribution is -2.44. The molecule has 1 aliphatic rings. The minimum atomic E-state index is -0.740. The molecule has 0 bridgehead atoms. The number of benzene rings is 2. The summed E-state index contributed by atoms with van der Waals surface area (Å²) in [5.74, 6) is -1.74. The lowest BCUT2D eigenvalue weighted by Gasteiger charge is -2.39. The molecule has 0 radical (unpaired) electrons. The molecule has 1 fully saturated rings. The lowest BCUT2D eigenvalue weighted by atomic mass is 9.64. The molecular formula is C19H16Cl2FNO3. The molecule has 3 rings (SSSR count). The third-order valence-electron chi connectivity index (χ3n) is 4.53. The minimum absolute atomic E-state index is 0.0218. The van der Waals surface area contributed by atoms with Gasteiger partial charge in [-0.1, -0.05) is 41.8 Å². The summed E-state index contributed by atoms with van der Waals surface area (Å²) in [6.07, 6.45) is 2.21. The predicted molar refractivity (Wildman–Crippen MR) is 98.0 cm³/mol. The highest BCUT2D eigenvalue weighted by atomic mass is 35.5. The van der Waals surface area contributed by atoms with Crippen molar-refractivity contribution in [3.63, 3.8) is 0 Å². The Morgan fingerprint density at radius 2 is 1.73 bits per heavy atom. The number of carbonyl (C=O) groups is 2. The van der Waals surface area contributed by atoms with Crippen LogP contribution in [0.3, 0.4) is 0 Å². The van der Waals surface area contributed by atoms with Crippen LogP contribution in [0.1, 0.15) is 24.8 Å². The van der Waals surface area contributed by atoms with Gasteiger partial charge in [0.15, 0.2) is 6.61 Å². The number of amides is 1. The van der Waals surface area contributed by atoms with Crippen molar-refractivity contribution in [3.05, 3.63) is 63.9 Å². The first-order valence-corrected chi connectivity index (χ1v) is 8.84. The fraction of sp³-hybridized carbons (Fsp3) is 0.263. The van der Waals surface area contributed by atoms with E-state index in [1.54, 1.807) is 24.3 Å². The largest absolute Gasteiger partial charge is 0.455 e. The number of hydrogen-bond donors (Lipinski definition) is 1. The number of hydrogen-bond acceptors (Lipinski definition) is 3. The number of esters is 1. The number of nitrogens with one attached hydrogen (secondary N) is 1. The smallest absolute Gasteiger partial charge is 0.317 e. The Balaban J connectivity index is 1.62. The van der Waals surface area contributed by atoms with Crippen molar-refractivity contribution in [2.75, 3.05) is 11.9 Å². The van der Waals surface area contributed by atoms with Gasteiger partial charge in [0.1, 0.15) is 5.82 Å². The van der Waals surface area contributed by atoms with E-state index in [0.717, 1.165) is 18.1 Å². The molecule has 0 heterocycles. The summed E-state index contributed by atoms with van der Waals surface area (Å²) in [5.41, 5.74) is 0.0601.